The first-order valence-electron chi connectivity index (χ1n) is 5.18. The average Bonchev–Trinajstić information content (AvgIpc) is 2.28. The molecule has 7 nitrogen and oxygen atoms in total. The van der Waals surface area contributed by atoms with Crippen molar-refractivity contribution in [3.63, 3.8) is 0 Å². The molecule has 0 bridgehead atoms. The number of nitriles is 1. The van der Waals surface area contributed by atoms with Gasteiger partial charge in [0.2, 0.25) is 0 Å². The lowest BCUT2D eigenvalue weighted by Gasteiger charge is -2.19. The number of hydrogen-bond donors (Lipinski definition) is 3. The molecule has 0 fully saturated rings. The van der Waals surface area contributed by atoms with Gasteiger partial charge in [0.15, 0.2) is 6.10 Å². The Balaban J connectivity index is 3.87. The molecule has 0 heterocycles. The van der Waals surface area contributed by atoms with Crippen LogP contribution in [0.3, 0.4) is 0 Å². The van der Waals surface area contributed by atoms with Gasteiger partial charge in [0.05, 0.1) is 12.0 Å². The summed E-state index contributed by atoms with van der Waals surface area (Å²) < 4.78 is 0. The third-order valence-corrected chi connectivity index (χ3v) is 2.09. The average molecular weight is 243 g/mol. The molecule has 0 aliphatic carbocycles. The molecule has 0 aromatic heterocycles. The number of carboxylic acid groups (broad SMARTS) is 1. The molecule has 7 heteroatoms. The summed E-state index contributed by atoms with van der Waals surface area (Å²) in [6.07, 6.45) is -1.53. The van der Waals surface area contributed by atoms with E-state index in [1.165, 1.54) is 11.9 Å². The van der Waals surface area contributed by atoms with Crippen LogP contribution in [0.4, 0.5) is 4.79 Å². The van der Waals surface area contributed by atoms with Crippen molar-refractivity contribution < 1.29 is 19.8 Å². The van der Waals surface area contributed by atoms with Crippen molar-refractivity contribution in [1.82, 2.24) is 10.2 Å². The van der Waals surface area contributed by atoms with Crippen molar-refractivity contribution >= 4 is 12.0 Å². The van der Waals surface area contributed by atoms with Crippen molar-refractivity contribution in [3.05, 3.63) is 0 Å². The highest BCUT2D eigenvalue weighted by atomic mass is 16.4. The number of urea groups is 1. The summed E-state index contributed by atoms with van der Waals surface area (Å²) in [4.78, 5) is 23.0. The molecule has 0 saturated carbocycles. The van der Waals surface area contributed by atoms with Gasteiger partial charge in [-0.05, 0) is 6.92 Å². The molecule has 17 heavy (non-hydrogen) atoms. The van der Waals surface area contributed by atoms with E-state index in [4.69, 9.17) is 15.5 Å². The molecule has 0 aromatic carbocycles. The Kier molecular flexibility index (Phi) is 6.67. The fraction of sp³-hybridized carbons (Fsp3) is 0.700. The van der Waals surface area contributed by atoms with Crippen molar-refractivity contribution in [2.24, 2.45) is 5.92 Å². The van der Waals surface area contributed by atoms with E-state index in [1.807, 2.05) is 6.07 Å². The van der Waals surface area contributed by atoms with Crippen LogP contribution >= 0.6 is 0 Å². The van der Waals surface area contributed by atoms with Crippen LogP contribution in [0, 0.1) is 17.2 Å². The lowest BCUT2D eigenvalue weighted by Crippen LogP contribution is -2.40. The minimum atomic E-state index is -1.47. The maximum atomic E-state index is 11.4. The van der Waals surface area contributed by atoms with Gasteiger partial charge < -0.3 is 20.4 Å². The lowest BCUT2D eigenvalue weighted by molar-refractivity contribution is -0.146. The normalized spacial score (nSPS) is 13.3. The summed E-state index contributed by atoms with van der Waals surface area (Å²) in [5, 5.41) is 28.4. The SMILES string of the molecule is CC(C#N)CN(C)C(=O)NCC[C@H](O)C(=O)O. The van der Waals surface area contributed by atoms with Crippen LogP contribution in [-0.4, -0.2) is 53.4 Å². The van der Waals surface area contributed by atoms with E-state index in [0.717, 1.165) is 0 Å². The molecule has 0 rings (SSSR count). The summed E-state index contributed by atoms with van der Waals surface area (Å²) in [6, 6.07) is 1.60. The molecule has 2 amide bonds. The number of nitrogens with zero attached hydrogens (tertiary/aromatic N) is 2. The molecular formula is C10H17N3O4. The molecular weight excluding hydrogens is 226 g/mol. The van der Waals surface area contributed by atoms with Crippen LogP contribution in [0.15, 0.2) is 0 Å². The molecule has 1 unspecified atom stereocenters. The fourth-order valence-corrected chi connectivity index (χ4v) is 1.11. The zero-order valence-electron chi connectivity index (χ0n) is 9.88. The minimum Gasteiger partial charge on any atom is -0.479 e. The van der Waals surface area contributed by atoms with Gasteiger partial charge in [0.25, 0.3) is 0 Å². The summed E-state index contributed by atoms with van der Waals surface area (Å²) in [6.45, 7) is 2.05. The second-order valence-corrected chi connectivity index (χ2v) is 3.79. The van der Waals surface area contributed by atoms with Gasteiger partial charge in [-0.2, -0.15) is 5.26 Å². The Bertz CT molecular complexity index is 313. The van der Waals surface area contributed by atoms with Crippen LogP contribution in [0.1, 0.15) is 13.3 Å². The summed E-state index contributed by atoms with van der Waals surface area (Å²) in [5.41, 5.74) is 0. The third-order valence-electron chi connectivity index (χ3n) is 2.09. The summed E-state index contributed by atoms with van der Waals surface area (Å²) in [7, 11) is 1.54. The van der Waals surface area contributed by atoms with Crippen molar-refractivity contribution in [2.75, 3.05) is 20.1 Å². The number of amides is 2. The van der Waals surface area contributed by atoms with Crippen LogP contribution in [0.2, 0.25) is 0 Å². The Morgan fingerprint density at radius 2 is 2.12 bits per heavy atom. The zero-order chi connectivity index (χ0) is 13.4. The molecule has 2 atom stereocenters. The fourth-order valence-electron chi connectivity index (χ4n) is 1.11. The number of aliphatic carboxylic acids is 1. The number of nitrogens with one attached hydrogen (secondary N) is 1. The third kappa shape index (κ3) is 6.37. The van der Waals surface area contributed by atoms with Crippen LogP contribution < -0.4 is 5.32 Å². The van der Waals surface area contributed by atoms with Crippen LogP contribution in [-0.2, 0) is 4.79 Å². The molecule has 0 spiro atoms. The first-order valence-corrected chi connectivity index (χ1v) is 5.18. The highest BCUT2D eigenvalue weighted by Crippen LogP contribution is 1.96. The zero-order valence-corrected chi connectivity index (χ0v) is 9.88. The number of hydrogen-bond acceptors (Lipinski definition) is 4. The van der Waals surface area contributed by atoms with E-state index in [9.17, 15) is 9.59 Å². The smallest absolute Gasteiger partial charge is 0.332 e. The molecule has 0 aliphatic rings. The topological polar surface area (TPSA) is 114 Å². The lowest BCUT2D eigenvalue weighted by atomic mass is 10.2. The van der Waals surface area contributed by atoms with E-state index in [1.54, 1.807) is 6.92 Å². The molecule has 0 saturated heterocycles. The van der Waals surface area contributed by atoms with Gasteiger partial charge in [-0.15, -0.1) is 0 Å². The van der Waals surface area contributed by atoms with Gasteiger partial charge in [-0.3, -0.25) is 0 Å². The Morgan fingerprint density at radius 1 is 1.53 bits per heavy atom. The molecule has 3 N–H and O–H groups in total. The predicted octanol–water partition coefficient (Wildman–Crippen LogP) is -0.377. The molecule has 0 radical (unpaired) electrons. The number of carbonyl (C=O) groups is 2. The van der Waals surface area contributed by atoms with Gasteiger partial charge in [-0.25, -0.2) is 9.59 Å². The highest BCUT2D eigenvalue weighted by molar-refractivity contribution is 5.74. The maximum absolute atomic E-state index is 11.4. The number of carbonyl (C=O) groups excluding carboxylic acids is 1. The van der Waals surface area contributed by atoms with Gasteiger partial charge >= 0.3 is 12.0 Å². The molecule has 0 aromatic rings. The Labute approximate surface area is 99.6 Å². The van der Waals surface area contributed by atoms with E-state index < -0.39 is 18.1 Å². The number of aliphatic hydroxyl groups excluding tert-OH is 1. The maximum Gasteiger partial charge on any atom is 0.332 e. The van der Waals surface area contributed by atoms with Gasteiger partial charge in [0.1, 0.15) is 0 Å². The second kappa shape index (κ2) is 7.46. The van der Waals surface area contributed by atoms with E-state index in [2.05, 4.69) is 5.32 Å². The standard InChI is InChI=1S/C10H17N3O4/c1-7(5-11)6-13(2)10(17)12-4-3-8(14)9(15)16/h7-8,14H,3-4,6H2,1-2H3,(H,12,17)(H,15,16)/t7?,8-/m0/s1. The Morgan fingerprint density at radius 3 is 2.59 bits per heavy atom. The first kappa shape index (κ1) is 15.2. The monoisotopic (exact) mass is 243 g/mol. The second-order valence-electron chi connectivity index (χ2n) is 3.79. The first-order chi connectivity index (χ1) is 7.88. The van der Waals surface area contributed by atoms with Gasteiger partial charge in [-0.1, -0.05) is 0 Å². The Hall–Kier alpha value is -1.81. The minimum absolute atomic E-state index is 0.0529. The molecule has 96 valence electrons. The summed E-state index contributed by atoms with van der Waals surface area (Å²) in [5.74, 6) is -1.58. The van der Waals surface area contributed by atoms with Crippen molar-refractivity contribution in [3.8, 4) is 6.07 Å². The van der Waals surface area contributed by atoms with Crippen LogP contribution in [0.5, 0.6) is 0 Å². The largest absolute Gasteiger partial charge is 0.479 e. The predicted molar refractivity (Wildman–Crippen MR) is 59.1 cm³/mol. The van der Waals surface area contributed by atoms with E-state index in [-0.39, 0.29) is 18.9 Å². The van der Waals surface area contributed by atoms with Gasteiger partial charge in [0, 0.05) is 26.6 Å². The number of carboxylic acids is 1. The number of rotatable bonds is 6. The summed E-state index contributed by atoms with van der Waals surface area (Å²) >= 11 is 0. The van der Waals surface area contributed by atoms with Crippen LogP contribution in [0.25, 0.3) is 0 Å². The number of aliphatic hydroxyl groups is 1. The van der Waals surface area contributed by atoms with E-state index in [0.29, 0.717) is 6.54 Å². The van der Waals surface area contributed by atoms with Crippen molar-refractivity contribution in [2.45, 2.75) is 19.4 Å². The molecule has 0 aliphatic heterocycles. The van der Waals surface area contributed by atoms with E-state index >= 15 is 0 Å². The van der Waals surface area contributed by atoms with Crippen molar-refractivity contribution in [1.29, 1.82) is 5.26 Å². The quantitative estimate of drug-likeness (QED) is 0.588. The highest BCUT2D eigenvalue weighted by Gasteiger charge is 2.15.